The van der Waals surface area contributed by atoms with Crippen molar-refractivity contribution >= 4 is 40.1 Å². The Morgan fingerprint density at radius 3 is 2.50 bits per heavy atom. The smallest absolute Gasteiger partial charge is 0.234 e. The molecule has 0 aromatic heterocycles. The first-order chi connectivity index (χ1) is 12.6. The molecule has 26 heavy (non-hydrogen) atoms. The Labute approximate surface area is 154 Å². The van der Waals surface area contributed by atoms with Crippen LogP contribution in [0.3, 0.4) is 0 Å². The lowest BCUT2D eigenvalue weighted by molar-refractivity contribution is -0.113. The Morgan fingerprint density at radius 1 is 1.04 bits per heavy atom. The van der Waals surface area contributed by atoms with Gasteiger partial charge < -0.3 is 10.6 Å². The molecule has 6 nitrogen and oxygen atoms in total. The Morgan fingerprint density at radius 2 is 1.77 bits per heavy atom. The zero-order chi connectivity index (χ0) is 18.1. The normalized spacial score (nSPS) is 15.0. The molecule has 0 spiro atoms. The molecule has 1 heterocycles. The summed E-state index contributed by atoms with van der Waals surface area (Å²) in [5, 5.41) is 6.59. The number of hydrogen-bond acceptors (Lipinski definition) is 6. The molecule has 0 fully saturated rings. The highest BCUT2D eigenvalue weighted by atomic mass is 32.2. The molecule has 1 aliphatic heterocycles. The largest absolute Gasteiger partial charge is 0.363 e. The van der Waals surface area contributed by atoms with E-state index in [0.29, 0.717) is 28.9 Å². The van der Waals surface area contributed by atoms with Crippen molar-refractivity contribution in [3.05, 3.63) is 64.7 Å². The summed E-state index contributed by atoms with van der Waals surface area (Å²) in [7, 11) is 0. The third-order valence-electron chi connectivity index (χ3n) is 4.21. The maximum Gasteiger partial charge on any atom is 0.234 e. The average molecular weight is 365 g/mol. The van der Waals surface area contributed by atoms with Crippen LogP contribution in [0.25, 0.3) is 0 Å². The lowest BCUT2D eigenvalue weighted by Gasteiger charge is -2.20. The van der Waals surface area contributed by atoms with E-state index in [-0.39, 0.29) is 28.8 Å². The Bertz CT molecular complexity index is 968. The third-order valence-corrected chi connectivity index (χ3v) is 5.16. The summed E-state index contributed by atoms with van der Waals surface area (Å²) in [4.78, 5) is 42.1. The Hall–Kier alpha value is -2.93. The van der Waals surface area contributed by atoms with Crippen LogP contribution in [0.2, 0.25) is 0 Å². The van der Waals surface area contributed by atoms with E-state index < -0.39 is 0 Å². The fourth-order valence-corrected chi connectivity index (χ4v) is 3.77. The summed E-state index contributed by atoms with van der Waals surface area (Å²) in [6.07, 6.45) is 0. The van der Waals surface area contributed by atoms with Gasteiger partial charge >= 0.3 is 0 Å². The molecule has 0 saturated heterocycles. The summed E-state index contributed by atoms with van der Waals surface area (Å²) >= 11 is 1.31. The molecular weight excluding hydrogens is 350 g/mol. The number of fused-ring (bicyclic) bond motifs is 2. The van der Waals surface area contributed by atoms with Gasteiger partial charge in [-0.05, 0) is 6.07 Å². The van der Waals surface area contributed by atoms with Crippen LogP contribution in [0.1, 0.15) is 31.8 Å². The molecular formula is C19H15N3O3S. The van der Waals surface area contributed by atoms with Gasteiger partial charge in [-0.25, -0.2) is 0 Å². The molecule has 2 aromatic carbocycles. The van der Waals surface area contributed by atoms with Crippen LogP contribution in [0.15, 0.2) is 47.5 Å². The number of amides is 1. The number of hydrogen-bond donors (Lipinski definition) is 2. The van der Waals surface area contributed by atoms with E-state index in [1.165, 1.54) is 11.8 Å². The van der Waals surface area contributed by atoms with Crippen molar-refractivity contribution in [2.24, 2.45) is 4.99 Å². The van der Waals surface area contributed by atoms with Crippen molar-refractivity contribution in [1.29, 1.82) is 0 Å². The number of rotatable bonds is 3. The second-order valence-corrected chi connectivity index (χ2v) is 6.85. The Balaban J connectivity index is 1.60. The summed E-state index contributed by atoms with van der Waals surface area (Å²) in [5.74, 6) is -0.529. The van der Waals surface area contributed by atoms with Gasteiger partial charge in [-0.3, -0.25) is 19.4 Å². The number of anilines is 1. The van der Waals surface area contributed by atoms with Gasteiger partial charge in [0.1, 0.15) is 0 Å². The van der Waals surface area contributed by atoms with Crippen molar-refractivity contribution < 1.29 is 14.4 Å². The standard InChI is InChI=1S/C19H15N3O3S/c23-15(10-26-19-20-8-9-21-19)22-14-7-3-6-13-16(14)18(25)12-5-2-1-4-11(12)17(13)24/h1-7H,8-10H2,(H,20,21)(H,22,23). The van der Waals surface area contributed by atoms with Crippen LogP contribution in [-0.2, 0) is 4.79 Å². The predicted octanol–water partition coefficient (Wildman–Crippen LogP) is 2.09. The van der Waals surface area contributed by atoms with E-state index in [1.807, 2.05) is 0 Å². The molecule has 0 atom stereocenters. The molecule has 2 aliphatic rings. The minimum Gasteiger partial charge on any atom is -0.363 e. The quantitative estimate of drug-likeness (QED) is 0.742. The molecule has 7 heteroatoms. The zero-order valence-electron chi connectivity index (χ0n) is 13.7. The number of nitrogens with one attached hydrogen (secondary N) is 2. The molecule has 0 unspecified atom stereocenters. The topological polar surface area (TPSA) is 87.6 Å². The number of amidine groups is 1. The fourth-order valence-electron chi connectivity index (χ4n) is 3.04. The van der Waals surface area contributed by atoms with Gasteiger partial charge in [-0.1, -0.05) is 48.2 Å². The molecule has 0 bridgehead atoms. The maximum atomic E-state index is 12.9. The van der Waals surface area contributed by atoms with Gasteiger partial charge in [0.2, 0.25) is 5.91 Å². The lowest BCUT2D eigenvalue weighted by Crippen LogP contribution is -2.25. The molecule has 2 N–H and O–H groups in total. The molecule has 4 rings (SSSR count). The maximum absolute atomic E-state index is 12.9. The van der Waals surface area contributed by atoms with Crippen molar-refractivity contribution in [3.8, 4) is 0 Å². The third kappa shape index (κ3) is 2.90. The van der Waals surface area contributed by atoms with E-state index in [9.17, 15) is 14.4 Å². The van der Waals surface area contributed by atoms with Crippen LogP contribution < -0.4 is 10.6 Å². The van der Waals surface area contributed by atoms with Crippen LogP contribution in [0.5, 0.6) is 0 Å². The first kappa shape index (κ1) is 16.5. The van der Waals surface area contributed by atoms with Gasteiger partial charge in [0.25, 0.3) is 0 Å². The minimum absolute atomic E-state index is 0.175. The highest BCUT2D eigenvalue weighted by molar-refractivity contribution is 8.14. The Kier molecular flexibility index (Phi) is 4.30. The summed E-state index contributed by atoms with van der Waals surface area (Å²) in [6, 6.07) is 11.7. The second-order valence-electron chi connectivity index (χ2n) is 5.88. The first-order valence-electron chi connectivity index (χ1n) is 8.17. The summed E-state index contributed by atoms with van der Waals surface area (Å²) < 4.78 is 0. The lowest BCUT2D eigenvalue weighted by atomic mass is 9.83. The predicted molar refractivity (Wildman–Crippen MR) is 101 cm³/mol. The van der Waals surface area contributed by atoms with E-state index in [2.05, 4.69) is 15.6 Å². The number of carbonyl (C=O) groups excluding carboxylic acids is 3. The number of ketones is 2. The van der Waals surface area contributed by atoms with Crippen molar-refractivity contribution in [1.82, 2.24) is 5.32 Å². The summed E-state index contributed by atoms with van der Waals surface area (Å²) in [5.41, 5.74) is 1.70. The van der Waals surface area contributed by atoms with Crippen LogP contribution in [-0.4, -0.2) is 41.5 Å². The van der Waals surface area contributed by atoms with Gasteiger partial charge in [0.05, 0.1) is 23.5 Å². The highest BCUT2D eigenvalue weighted by Gasteiger charge is 2.31. The number of benzene rings is 2. The van der Waals surface area contributed by atoms with Gasteiger partial charge in [0.15, 0.2) is 16.7 Å². The van der Waals surface area contributed by atoms with E-state index in [4.69, 9.17) is 0 Å². The molecule has 2 aromatic rings. The van der Waals surface area contributed by atoms with E-state index in [1.54, 1.807) is 42.5 Å². The zero-order valence-corrected chi connectivity index (χ0v) is 14.6. The van der Waals surface area contributed by atoms with Gasteiger partial charge in [-0.15, -0.1) is 0 Å². The molecule has 1 aliphatic carbocycles. The fraction of sp³-hybridized carbons (Fsp3) is 0.158. The van der Waals surface area contributed by atoms with Crippen molar-refractivity contribution in [2.45, 2.75) is 0 Å². The number of carbonyl (C=O) groups is 3. The van der Waals surface area contributed by atoms with Crippen LogP contribution >= 0.6 is 11.8 Å². The monoisotopic (exact) mass is 365 g/mol. The molecule has 0 radical (unpaired) electrons. The minimum atomic E-state index is -0.251. The number of nitrogens with zero attached hydrogens (tertiary/aromatic N) is 1. The van der Waals surface area contributed by atoms with Crippen LogP contribution in [0, 0.1) is 0 Å². The number of aliphatic imine (C=N–C) groups is 1. The second kappa shape index (κ2) is 6.76. The summed E-state index contributed by atoms with van der Waals surface area (Å²) in [6.45, 7) is 1.50. The molecule has 130 valence electrons. The van der Waals surface area contributed by atoms with E-state index >= 15 is 0 Å². The van der Waals surface area contributed by atoms with E-state index in [0.717, 1.165) is 11.7 Å². The van der Waals surface area contributed by atoms with Crippen LogP contribution in [0.4, 0.5) is 5.69 Å². The van der Waals surface area contributed by atoms with Crippen molar-refractivity contribution in [2.75, 3.05) is 24.2 Å². The van der Waals surface area contributed by atoms with Gasteiger partial charge in [-0.2, -0.15) is 0 Å². The average Bonchev–Trinajstić information content (AvgIpc) is 3.18. The molecule has 0 saturated carbocycles. The number of thioether (sulfide) groups is 1. The molecule has 1 amide bonds. The van der Waals surface area contributed by atoms with Gasteiger partial charge in [0, 0.05) is 23.2 Å². The first-order valence-corrected chi connectivity index (χ1v) is 9.16. The SMILES string of the molecule is O=C(CSC1=NCCN1)Nc1cccc2c1C(=O)c1ccccc1C2=O. The van der Waals surface area contributed by atoms with Crippen molar-refractivity contribution in [3.63, 3.8) is 0 Å². The highest BCUT2D eigenvalue weighted by Crippen LogP contribution is 2.31.